The second-order valence-electron chi connectivity index (χ2n) is 3.44. The Morgan fingerprint density at radius 2 is 1.53 bits per heavy atom. The second-order valence-corrected chi connectivity index (χ2v) is 3.44. The maximum absolute atomic E-state index is 3.98. The second kappa shape index (κ2) is 4.09. The summed E-state index contributed by atoms with van der Waals surface area (Å²) in [7, 11) is 0. The third-order valence-electron chi connectivity index (χ3n) is 2.38. The Morgan fingerprint density at radius 1 is 0.824 bits per heavy atom. The Morgan fingerprint density at radius 3 is 2.18 bits per heavy atom. The lowest BCUT2D eigenvalue weighted by Crippen LogP contribution is -1.84. The molecule has 1 aromatic carbocycles. The number of aromatic amines is 1. The van der Waals surface area contributed by atoms with Crippen molar-refractivity contribution in [3.8, 4) is 22.5 Å². The van der Waals surface area contributed by atoms with Crippen molar-refractivity contribution in [1.82, 2.24) is 30.6 Å². The molecule has 6 nitrogen and oxygen atoms in total. The van der Waals surface area contributed by atoms with Crippen LogP contribution in [0.3, 0.4) is 0 Å². The van der Waals surface area contributed by atoms with Crippen LogP contribution in [-0.4, -0.2) is 30.6 Å². The average Bonchev–Trinajstić information content (AvgIpc) is 2.94. The molecule has 0 unspecified atom stereocenters. The Balaban J connectivity index is 1.96. The molecule has 0 saturated carbocycles. The maximum Gasteiger partial charge on any atom is 0.204 e. The summed E-state index contributed by atoms with van der Waals surface area (Å²) in [4.78, 5) is 7.97. The molecule has 2 heterocycles. The van der Waals surface area contributed by atoms with Crippen LogP contribution in [-0.2, 0) is 0 Å². The van der Waals surface area contributed by atoms with E-state index < -0.39 is 0 Å². The number of nitrogens with zero attached hydrogens (tertiary/aromatic N) is 5. The minimum absolute atomic E-state index is 0.584. The first-order valence-corrected chi connectivity index (χ1v) is 5.03. The lowest BCUT2D eigenvalue weighted by atomic mass is 10.1. The summed E-state index contributed by atoms with van der Waals surface area (Å²) in [6.07, 6.45) is 5.06. The van der Waals surface area contributed by atoms with Crippen molar-refractivity contribution in [2.45, 2.75) is 0 Å². The van der Waals surface area contributed by atoms with E-state index in [2.05, 4.69) is 30.6 Å². The minimum Gasteiger partial charge on any atom is -0.244 e. The monoisotopic (exact) mass is 224 g/mol. The normalized spacial score (nSPS) is 10.4. The van der Waals surface area contributed by atoms with Crippen LogP contribution >= 0.6 is 0 Å². The number of hydrogen-bond acceptors (Lipinski definition) is 5. The van der Waals surface area contributed by atoms with Crippen molar-refractivity contribution >= 4 is 0 Å². The molecule has 0 aliphatic carbocycles. The fourth-order valence-electron chi connectivity index (χ4n) is 1.54. The first-order chi connectivity index (χ1) is 8.43. The summed E-state index contributed by atoms with van der Waals surface area (Å²) >= 11 is 0. The fraction of sp³-hybridized carbons (Fsp3) is 0. The Kier molecular flexibility index (Phi) is 2.31. The molecule has 82 valence electrons. The molecular formula is C11H8N6. The molecule has 0 amide bonds. The fourth-order valence-corrected chi connectivity index (χ4v) is 1.54. The Bertz CT molecular complexity index is 588. The molecule has 0 fully saturated rings. The largest absolute Gasteiger partial charge is 0.244 e. The highest BCUT2D eigenvalue weighted by Gasteiger charge is 2.03. The third-order valence-corrected chi connectivity index (χ3v) is 2.38. The molecule has 0 spiro atoms. The van der Waals surface area contributed by atoms with E-state index in [-0.39, 0.29) is 0 Å². The van der Waals surface area contributed by atoms with Crippen LogP contribution < -0.4 is 0 Å². The Hall–Kier alpha value is -2.63. The quantitative estimate of drug-likeness (QED) is 0.710. The van der Waals surface area contributed by atoms with Crippen LogP contribution in [0.1, 0.15) is 0 Å². The lowest BCUT2D eigenvalue weighted by molar-refractivity contribution is 0.881. The van der Waals surface area contributed by atoms with Gasteiger partial charge in [-0.2, -0.15) is 5.21 Å². The molecule has 3 aromatic rings. The van der Waals surface area contributed by atoms with E-state index in [4.69, 9.17) is 0 Å². The SMILES string of the molecule is c1ncc(-c2ccc(-c3nn[nH]n3)cc2)cn1. The van der Waals surface area contributed by atoms with Gasteiger partial charge in [-0.1, -0.05) is 24.3 Å². The van der Waals surface area contributed by atoms with Crippen LogP contribution in [0.25, 0.3) is 22.5 Å². The maximum atomic E-state index is 3.98. The van der Waals surface area contributed by atoms with Crippen LogP contribution in [0.2, 0.25) is 0 Å². The molecule has 0 saturated heterocycles. The van der Waals surface area contributed by atoms with Gasteiger partial charge in [0.05, 0.1) is 0 Å². The van der Waals surface area contributed by atoms with E-state index in [9.17, 15) is 0 Å². The van der Waals surface area contributed by atoms with Crippen molar-refractivity contribution in [2.75, 3.05) is 0 Å². The zero-order valence-corrected chi connectivity index (χ0v) is 8.78. The van der Waals surface area contributed by atoms with Crippen molar-refractivity contribution in [3.63, 3.8) is 0 Å². The summed E-state index contributed by atoms with van der Waals surface area (Å²) in [5.74, 6) is 0.584. The Labute approximate surface area is 96.8 Å². The van der Waals surface area contributed by atoms with Crippen molar-refractivity contribution in [2.24, 2.45) is 0 Å². The lowest BCUT2D eigenvalue weighted by Gasteiger charge is -2.00. The third kappa shape index (κ3) is 1.87. The summed E-state index contributed by atoms with van der Waals surface area (Å²) < 4.78 is 0. The highest BCUT2D eigenvalue weighted by atomic mass is 15.5. The minimum atomic E-state index is 0.584. The standard InChI is InChI=1S/C11H8N6/c1-3-9(11-14-16-17-15-11)4-2-8(1)10-5-12-7-13-6-10/h1-7H,(H,14,15,16,17). The predicted octanol–water partition coefficient (Wildman–Crippen LogP) is 1.32. The van der Waals surface area contributed by atoms with E-state index >= 15 is 0 Å². The van der Waals surface area contributed by atoms with Crippen LogP contribution in [0, 0.1) is 0 Å². The van der Waals surface area contributed by atoms with Gasteiger partial charge in [-0.05, 0) is 10.8 Å². The van der Waals surface area contributed by atoms with Gasteiger partial charge < -0.3 is 0 Å². The van der Waals surface area contributed by atoms with Gasteiger partial charge in [-0.3, -0.25) is 0 Å². The van der Waals surface area contributed by atoms with Crippen LogP contribution in [0.15, 0.2) is 43.0 Å². The van der Waals surface area contributed by atoms with Gasteiger partial charge in [0, 0.05) is 23.5 Å². The van der Waals surface area contributed by atoms with Crippen molar-refractivity contribution < 1.29 is 0 Å². The van der Waals surface area contributed by atoms with Gasteiger partial charge in [0.1, 0.15) is 6.33 Å². The smallest absolute Gasteiger partial charge is 0.204 e. The number of hydrogen-bond donors (Lipinski definition) is 1. The van der Waals surface area contributed by atoms with E-state index in [1.54, 1.807) is 12.4 Å². The molecule has 0 aliphatic rings. The van der Waals surface area contributed by atoms with E-state index in [1.807, 2.05) is 24.3 Å². The van der Waals surface area contributed by atoms with Crippen LogP contribution in [0.4, 0.5) is 0 Å². The van der Waals surface area contributed by atoms with Gasteiger partial charge >= 0.3 is 0 Å². The number of rotatable bonds is 2. The number of H-pyrrole nitrogens is 1. The zero-order valence-electron chi connectivity index (χ0n) is 8.78. The predicted molar refractivity (Wildman–Crippen MR) is 60.6 cm³/mol. The molecule has 2 aromatic heterocycles. The highest BCUT2D eigenvalue weighted by molar-refractivity contribution is 5.66. The molecule has 6 heteroatoms. The summed E-state index contributed by atoms with van der Waals surface area (Å²) in [5, 5.41) is 13.8. The number of nitrogens with one attached hydrogen (secondary N) is 1. The van der Waals surface area contributed by atoms with Gasteiger partial charge in [-0.15, -0.1) is 10.2 Å². The summed E-state index contributed by atoms with van der Waals surface area (Å²) in [6, 6.07) is 7.83. The molecule has 0 aliphatic heterocycles. The number of benzene rings is 1. The molecule has 17 heavy (non-hydrogen) atoms. The summed E-state index contributed by atoms with van der Waals surface area (Å²) in [6.45, 7) is 0. The molecule has 0 radical (unpaired) electrons. The molecular weight excluding hydrogens is 216 g/mol. The molecule has 0 atom stereocenters. The number of aromatic nitrogens is 6. The van der Waals surface area contributed by atoms with Gasteiger partial charge in [0.25, 0.3) is 0 Å². The van der Waals surface area contributed by atoms with Crippen molar-refractivity contribution in [1.29, 1.82) is 0 Å². The average molecular weight is 224 g/mol. The van der Waals surface area contributed by atoms with Gasteiger partial charge in [0.15, 0.2) is 0 Å². The van der Waals surface area contributed by atoms with E-state index in [0.717, 1.165) is 16.7 Å². The van der Waals surface area contributed by atoms with E-state index in [0.29, 0.717) is 5.82 Å². The molecule has 0 bridgehead atoms. The van der Waals surface area contributed by atoms with Gasteiger partial charge in [0.2, 0.25) is 5.82 Å². The van der Waals surface area contributed by atoms with Crippen molar-refractivity contribution in [3.05, 3.63) is 43.0 Å². The number of tetrazole rings is 1. The topological polar surface area (TPSA) is 80.2 Å². The first-order valence-electron chi connectivity index (χ1n) is 5.03. The highest BCUT2D eigenvalue weighted by Crippen LogP contribution is 2.21. The molecule has 3 rings (SSSR count). The first kappa shape index (κ1) is 9.59. The van der Waals surface area contributed by atoms with Gasteiger partial charge in [-0.25, -0.2) is 9.97 Å². The molecule has 1 N–H and O–H groups in total. The van der Waals surface area contributed by atoms with Crippen LogP contribution in [0.5, 0.6) is 0 Å². The van der Waals surface area contributed by atoms with E-state index in [1.165, 1.54) is 6.33 Å². The summed E-state index contributed by atoms with van der Waals surface area (Å²) in [5.41, 5.74) is 2.95. The zero-order chi connectivity index (χ0) is 11.5.